The molecule has 1 fully saturated rings. The van der Waals surface area contributed by atoms with Crippen LogP contribution in [0.4, 0.5) is 0 Å². The fourth-order valence-electron chi connectivity index (χ4n) is 4.47. The molecule has 1 aliphatic rings. The molecule has 2 aromatic heterocycles. The van der Waals surface area contributed by atoms with Gasteiger partial charge in [-0.1, -0.05) is 48.0 Å². The average molecular weight is 454 g/mol. The van der Waals surface area contributed by atoms with E-state index in [2.05, 4.69) is 36.2 Å². The van der Waals surface area contributed by atoms with Crippen LogP contribution in [-0.4, -0.2) is 33.9 Å². The third-order valence-electron chi connectivity index (χ3n) is 6.12. The molecule has 1 saturated heterocycles. The van der Waals surface area contributed by atoms with Gasteiger partial charge in [-0.15, -0.1) is 0 Å². The predicted molar refractivity (Wildman–Crippen MR) is 130 cm³/mol. The molecule has 5 rings (SSSR count). The van der Waals surface area contributed by atoms with Gasteiger partial charge in [0.15, 0.2) is 5.76 Å². The van der Waals surface area contributed by atoms with E-state index in [9.17, 15) is 4.79 Å². The average Bonchev–Trinajstić information content (AvgIpc) is 3.32. The fraction of sp³-hybridized carbons (Fsp3) is 0.250. The molecule has 0 bridgehead atoms. The van der Waals surface area contributed by atoms with Crippen molar-refractivity contribution in [3.05, 3.63) is 95.8 Å². The second kappa shape index (κ2) is 9.51. The van der Waals surface area contributed by atoms with Crippen LogP contribution in [-0.2, 0) is 0 Å². The molecule has 0 spiro atoms. The Morgan fingerprint density at radius 3 is 2.74 bits per heavy atom. The van der Waals surface area contributed by atoms with E-state index in [4.69, 9.17) is 14.1 Å². The van der Waals surface area contributed by atoms with Gasteiger partial charge < -0.3 is 14.1 Å². The first-order valence-corrected chi connectivity index (χ1v) is 11.6. The van der Waals surface area contributed by atoms with Crippen molar-refractivity contribution < 1.29 is 13.9 Å². The summed E-state index contributed by atoms with van der Waals surface area (Å²) < 4.78 is 11.4. The van der Waals surface area contributed by atoms with Crippen LogP contribution in [0.15, 0.2) is 77.3 Å². The predicted octanol–water partition coefficient (Wildman–Crippen LogP) is 6.17. The summed E-state index contributed by atoms with van der Waals surface area (Å²) in [6, 6.07) is 21.1. The smallest absolute Gasteiger partial charge is 0.290 e. The normalized spacial score (nSPS) is 15.8. The zero-order valence-corrected chi connectivity index (χ0v) is 19.4. The Hall–Kier alpha value is -3.93. The van der Waals surface area contributed by atoms with Gasteiger partial charge in [0.05, 0.1) is 5.69 Å². The van der Waals surface area contributed by atoms with Crippen LogP contribution in [0.1, 0.15) is 46.4 Å². The maximum Gasteiger partial charge on any atom is 0.290 e. The molecule has 1 aliphatic heterocycles. The highest BCUT2D eigenvalue weighted by Gasteiger charge is 2.30. The molecule has 0 saturated carbocycles. The largest absolute Gasteiger partial charge is 0.426 e. The quantitative estimate of drug-likeness (QED) is 0.362. The Balaban J connectivity index is 1.36. The van der Waals surface area contributed by atoms with Crippen molar-refractivity contribution in [3.63, 3.8) is 0 Å². The van der Waals surface area contributed by atoms with E-state index < -0.39 is 0 Å². The van der Waals surface area contributed by atoms with E-state index in [0.29, 0.717) is 24.8 Å². The lowest BCUT2D eigenvalue weighted by Gasteiger charge is -2.32. The van der Waals surface area contributed by atoms with Crippen molar-refractivity contribution >= 4 is 5.91 Å². The maximum absolute atomic E-state index is 13.3. The summed E-state index contributed by atoms with van der Waals surface area (Å²) in [5.41, 5.74) is 4.33. The number of hydrogen-bond acceptors (Lipinski definition) is 5. The van der Waals surface area contributed by atoms with Crippen LogP contribution in [0.2, 0.25) is 0 Å². The highest BCUT2D eigenvalue weighted by atomic mass is 16.6. The number of likely N-dealkylation sites (tertiary alicyclic amines) is 1. The van der Waals surface area contributed by atoms with Crippen LogP contribution in [0.5, 0.6) is 11.7 Å². The number of amides is 1. The highest BCUT2D eigenvalue weighted by molar-refractivity contribution is 5.91. The van der Waals surface area contributed by atoms with Crippen molar-refractivity contribution in [3.8, 4) is 22.8 Å². The molecule has 0 radical (unpaired) electrons. The van der Waals surface area contributed by atoms with Crippen molar-refractivity contribution in [2.75, 3.05) is 13.1 Å². The van der Waals surface area contributed by atoms with Gasteiger partial charge in [-0.25, -0.2) is 9.97 Å². The number of aromatic nitrogens is 2. The van der Waals surface area contributed by atoms with Gasteiger partial charge in [0, 0.05) is 36.8 Å². The van der Waals surface area contributed by atoms with Crippen LogP contribution < -0.4 is 4.74 Å². The summed E-state index contributed by atoms with van der Waals surface area (Å²) in [5.74, 6) is 1.99. The highest BCUT2D eigenvalue weighted by Crippen LogP contribution is 2.34. The molecule has 0 aliphatic carbocycles. The first-order chi connectivity index (χ1) is 16.6. The van der Waals surface area contributed by atoms with Crippen molar-refractivity contribution in [1.29, 1.82) is 0 Å². The number of piperidine rings is 1. The number of aryl methyl sites for hydroxylation is 2. The molecule has 4 aromatic rings. The van der Waals surface area contributed by atoms with Crippen LogP contribution in [0.3, 0.4) is 0 Å². The van der Waals surface area contributed by atoms with E-state index in [1.165, 1.54) is 5.56 Å². The zero-order chi connectivity index (χ0) is 23.5. The molecule has 1 amide bonds. The standard InChI is InChI=1S/C28H27N3O3/c1-19-8-6-9-21(16-19)24-17-29-20(2)30-27(24)22-10-7-15-31(18-22)28(32)25-13-14-26(34-25)33-23-11-4-3-5-12-23/h3-6,8-9,11-14,16-17,22H,7,10,15,18H2,1-2H3/t22-/m0/s1. The van der Waals surface area contributed by atoms with E-state index in [1.54, 1.807) is 12.1 Å². The van der Waals surface area contributed by atoms with Crippen LogP contribution in [0, 0.1) is 13.8 Å². The number of nitrogens with zero attached hydrogens (tertiary/aromatic N) is 3. The SMILES string of the molecule is Cc1cccc(-c2cnc(C)nc2[C@H]2CCCN(C(=O)c3ccc(Oc4ccccc4)o3)C2)c1. The van der Waals surface area contributed by atoms with Crippen molar-refractivity contribution in [1.82, 2.24) is 14.9 Å². The van der Waals surface area contributed by atoms with E-state index >= 15 is 0 Å². The minimum atomic E-state index is -0.129. The topological polar surface area (TPSA) is 68.5 Å². The number of rotatable bonds is 5. The molecule has 0 N–H and O–H groups in total. The van der Waals surface area contributed by atoms with E-state index in [1.807, 2.05) is 48.4 Å². The van der Waals surface area contributed by atoms with Gasteiger partial charge >= 0.3 is 0 Å². The fourth-order valence-corrected chi connectivity index (χ4v) is 4.47. The summed E-state index contributed by atoms with van der Waals surface area (Å²) in [5, 5.41) is 0. The van der Waals surface area contributed by atoms with E-state index in [-0.39, 0.29) is 17.6 Å². The monoisotopic (exact) mass is 453 g/mol. The maximum atomic E-state index is 13.3. The second-order valence-corrected chi connectivity index (χ2v) is 8.71. The van der Waals surface area contributed by atoms with Gasteiger partial charge in [0.2, 0.25) is 0 Å². The summed E-state index contributed by atoms with van der Waals surface area (Å²) in [7, 11) is 0. The number of ether oxygens (including phenoxy) is 1. The lowest BCUT2D eigenvalue weighted by Crippen LogP contribution is -2.39. The Morgan fingerprint density at radius 2 is 1.91 bits per heavy atom. The molecule has 3 heterocycles. The molecular formula is C28H27N3O3. The van der Waals surface area contributed by atoms with Crippen LogP contribution >= 0.6 is 0 Å². The number of carbonyl (C=O) groups excluding carboxylic acids is 1. The molecule has 172 valence electrons. The van der Waals surface area contributed by atoms with Gasteiger partial charge in [-0.2, -0.15) is 0 Å². The summed E-state index contributed by atoms with van der Waals surface area (Å²) in [6.45, 7) is 5.27. The van der Waals surface area contributed by atoms with Crippen molar-refractivity contribution in [2.45, 2.75) is 32.6 Å². The summed E-state index contributed by atoms with van der Waals surface area (Å²) >= 11 is 0. The van der Waals surface area contributed by atoms with Gasteiger partial charge in [-0.3, -0.25) is 4.79 Å². The Morgan fingerprint density at radius 1 is 1.06 bits per heavy atom. The van der Waals surface area contributed by atoms with Crippen molar-refractivity contribution in [2.24, 2.45) is 0 Å². The lowest BCUT2D eigenvalue weighted by atomic mass is 9.89. The summed E-state index contributed by atoms with van der Waals surface area (Å²) in [4.78, 5) is 24.4. The van der Waals surface area contributed by atoms with Gasteiger partial charge in [-0.05, 0) is 50.5 Å². The molecule has 1 atom stereocenters. The summed E-state index contributed by atoms with van der Waals surface area (Å²) in [6.07, 6.45) is 3.79. The minimum absolute atomic E-state index is 0.129. The van der Waals surface area contributed by atoms with Gasteiger partial charge in [0.1, 0.15) is 11.6 Å². The molecule has 6 nitrogen and oxygen atoms in total. The third-order valence-corrected chi connectivity index (χ3v) is 6.12. The molecule has 6 heteroatoms. The van der Waals surface area contributed by atoms with Gasteiger partial charge in [0.25, 0.3) is 11.9 Å². The Kier molecular flexibility index (Phi) is 6.12. The molecule has 0 unspecified atom stereocenters. The minimum Gasteiger partial charge on any atom is -0.426 e. The number of benzene rings is 2. The molecular weight excluding hydrogens is 426 g/mol. The first-order valence-electron chi connectivity index (χ1n) is 11.6. The second-order valence-electron chi connectivity index (χ2n) is 8.71. The lowest BCUT2D eigenvalue weighted by molar-refractivity contribution is 0.0669. The first kappa shape index (κ1) is 21.9. The number of para-hydroxylation sites is 1. The number of hydrogen-bond donors (Lipinski definition) is 0. The Bertz CT molecular complexity index is 1300. The third kappa shape index (κ3) is 4.71. The van der Waals surface area contributed by atoms with Crippen LogP contribution in [0.25, 0.3) is 11.1 Å². The molecule has 2 aromatic carbocycles. The number of carbonyl (C=O) groups is 1. The molecule has 34 heavy (non-hydrogen) atoms. The zero-order valence-electron chi connectivity index (χ0n) is 19.4. The van der Waals surface area contributed by atoms with E-state index in [0.717, 1.165) is 35.5 Å². The number of furan rings is 1. The Labute approximate surface area is 199 Å².